The molecule has 1 aliphatic rings. The van der Waals surface area contributed by atoms with Crippen molar-refractivity contribution in [3.8, 4) is 22.6 Å². The van der Waals surface area contributed by atoms with Crippen molar-refractivity contribution in [2.45, 2.75) is 11.9 Å². The molecular formula is C21H18ClNO4S. The highest BCUT2D eigenvalue weighted by Crippen LogP contribution is 2.50. The van der Waals surface area contributed by atoms with Gasteiger partial charge in [-0.2, -0.15) is 0 Å². The van der Waals surface area contributed by atoms with Gasteiger partial charge in [0.25, 0.3) is 0 Å². The Kier molecular flexibility index (Phi) is 4.79. The highest BCUT2D eigenvalue weighted by Gasteiger charge is 2.30. The van der Waals surface area contributed by atoms with E-state index in [1.807, 2.05) is 42.5 Å². The highest BCUT2D eigenvalue weighted by atomic mass is 35.5. The van der Waals surface area contributed by atoms with E-state index in [-0.39, 0.29) is 5.75 Å². The van der Waals surface area contributed by atoms with Crippen LogP contribution in [0.3, 0.4) is 0 Å². The SMILES string of the molecule is COc1cc(Cl)cc2c1-c1ccc(CS(N)(=O)=O)cc1C(c1ccccc1)O2. The van der Waals surface area contributed by atoms with Gasteiger partial charge >= 0.3 is 0 Å². The lowest BCUT2D eigenvalue weighted by molar-refractivity contribution is 0.242. The fraction of sp³-hybridized carbons (Fsp3) is 0.143. The number of ether oxygens (including phenoxy) is 2. The molecule has 7 heteroatoms. The Balaban J connectivity index is 1.95. The normalized spacial score (nSPS) is 15.3. The second kappa shape index (κ2) is 7.13. The summed E-state index contributed by atoms with van der Waals surface area (Å²) in [6, 6.07) is 18.7. The van der Waals surface area contributed by atoms with Gasteiger partial charge in [0.05, 0.1) is 18.4 Å². The average molecular weight is 416 g/mol. The lowest BCUT2D eigenvalue weighted by Crippen LogP contribution is -2.18. The van der Waals surface area contributed by atoms with Gasteiger partial charge in [0.2, 0.25) is 10.0 Å². The minimum atomic E-state index is -3.65. The highest BCUT2D eigenvalue weighted by molar-refractivity contribution is 7.88. The Morgan fingerprint density at radius 2 is 1.86 bits per heavy atom. The van der Waals surface area contributed by atoms with E-state index in [4.69, 9.17) is 26.2 Å². The smallest absolute Gasteiger partial charge is 0.213 e. The zero-order valence-electron chi connectivity index (χ0n) is 15.1. The van der Waals surface area contributed by atoms with Gasteiger partial charge in [-0.3, -0.25) is 0 Å². The van der Waals surface area contributed by atoms with Crippen LogP contribution in [0.15, 0.2) is 60.7 Å². The molecule has 0 bridgehead atoms. The molecule has 4 rings (SSSR count). The van der Waals surface area contributed by atoms with Crippen molar-refractivity contribution in [3.05, 3.63) is 82.4 Å². The fourth-order valence-corrected chi connectivity index (χ4v) is 4.36. The van der Waals surface area contributed by atoms with Crippen LogP contribution in [0.25, 0.3) is 11.1 Å². The summed E-state index contributed by atoms with van der Waals surface area (Å²) < 4.78 is 35.0. The van der Waals surface area contributed by atoms with Gasteiger partial charge in [0.15, 0.2) is 0 Å². The Morgan fingerprint density at radius 3 is 2.54 bits per heavy atom. The number of hydrogen-bond acceptors (Lipinski definition) is 4. The summed E-state index contributed by atoms with van der Waals surface area (Å²) in [5.74, 6) is 0.964. The predicted molar refractivity (Wildman–Crippen MR) is 109 cm³/mol. The van der Waals surface area contributed by atoms with E-state index >= 15 is 0 Å². The Hall–Kier alpha value is -2.54. The molecule has 5 nitrogen and oxygen atoms in total. The predicted octanol–water partition coefficient (Wildman–Crippen LogP) is 4.29. The minimum absolute atomic E-state index is 0.244. The molecule has 0 amide bonds. The van der Waals surface area contributed by atoms with Gasteiger partial charge in [-0.1, -0.05) is 60.1 Å². The molecule has 1 unspecified atom stereocenters. The van der Waals surface area contributed by atoms with E-state index in [1.165, 1.54) is 0 Å². The van der Waals surface area contributed by atoms with E-state index in [9.17, 15) is 8.42 Å². The van der Waals surface area contributed by atoms with Crippen LogP contribution in [0, 0.1) is 0 Å². The van der Waals surface area contributed by atoms with Crippen LogP contribution in [0.5, 0.6) is 11.5 Å². The molecule has 3 aromatic rings. The molecule has 1 aliphatic heterocycles. The van der Waals surface area contributed by atoms with Gasteiger partial charge in [0, 0.05) is 10.6 Å². The Labute approximate surface area is 168 Å². The van der Waals surface area contributed by atoms with Crippen molar-refractivity contribution in [1.29, 1.82) is 0 Å². The number of hydrogen-bond donors (Lipinski definition) is 1. The third kappa shape index (κ3) is 3.58. The van der Waals surface area contributed by atoms with Crippen LogP contribution >= 0.6 is 11.6 Å². The summed E-state index contributed by atoms with van der Waals surface area (Å²) in [5.41, 5.74) is 4.08. The van der Waals surface area contributed by atoms with Crippen molar-refractivity contribution in [2.75, 3.05) is 7.11 Å². The standard InChI is InChI=1S/C21H18ClNO4S/c1-26-18-10-15(22)11-19-20(18)16-8-7-13(12-28(23,24)25)9-17(16)21(27-19)14-5-3-2-4-6-14/h2-11,21H,12H2,1H3,(H2,23,24,25). The number of nitrogens with two attached hydrogens (primary N) is 1. The molecule has 0 radical (unpaired) electrons. The second-order valence-corrected chi connectivity index (χ2v) is 8.67. The Morgan fingerprint density at radius 1 is 1.11 bits per heavy atom. The maximum Gasteiger partial charge on any atom is 0.213 e. The largest absolute Gasteiger partial charge is 0.496 e. The fourth-order valence-electron chi connectivity index (χ4n) is 3.52. The molecule has 0 saturated heterocycles. The summed E-state index contributed by atoms with van der Waals surface area (Å²) in [6.07, 6.45) is -0.410. The number of fused-ring (bicyclic) bond motifs is 3. The first-order chi connectivity index (χ1) is 13.4. The second-order valence-electron chi connectivity index (χ2n) is 6.62. The monoisotopic (exact) mass is 415 g/mol. The van der Waals surface area contributed by atoms with Crippen LogP contribution in [-0.4, -0.2) is 15.5 Å². The van der Waals surface area contributed by atoms with Crippen molar-refractivity contribution in [1.82, 2.24) is 0 Å². The third-order valence-electron chi connectivity index (χ3n) is 4.63. The number of halogens is 1. The summed E-state index contributed by atoms with van der Waals surface area (Å²) in [6.45, 7) is 0. The molecule has 1 atom stereocenters. The minimum Gasteiger partial charge on any atom is -0.496 e. The zero-order chi connectivity index (χ0) is 19.9. The lowest BCUT2D eigenvalue weighted by Gasteiger charge is -2.30. The van der Waals surface area contributed by atoms with Crippen molar-refractivity contribution in [2.24, 2.45) is 5.14 Å². The first-order valence-corrected chi connectivity index (χ1v) is 10.7. The van der Waals surface area contributed by atoms with Gasteiger partial charge in [-0.25, -0.2) is 13.6 Å². The number of methoxy groups -OCH3 is 1. The lowest BCUT2D eigenvalue weighted by atomic mass is 9.88. The van der Waals surface area contributed by atoms with E-state index in [0.717, 1.165) is 22.3 Å². The number of rotatable bonds is 4. The van der Waals surface area contributed by atoms with Crippen LogP contribution in [0.2, 0.25) is 5.02 Å². The summed E-state index contributed by atoms with van der Waals surface area (Å²) in [7, 11) is -2.07. The van der Waals surface area contributed by atoms with Crippen LogP contribution in [0.4, 0.5) is 0 Å². The molecular weight excluding hydrogens is 398 g/mol. The van der Waals surface area contributed by atoms with Gasteiger partial charge in [-0.05, 0) is 28.8 Å². The topological polar surface area (TPSA) is 78.6 Å². The first-order valence-electron chi connectivity index (χ1n) is 8.58. The number of sulfonamides is 1. The van der Waals surface area contributed by atoms with Crippen LogP contribution < -0.4 is 14.6 Å². The van der Waals surface area contributed by atoms with E-state index < -0.39 is 16.1 Å². The van der Waals surface area contributed by atoms with E-state index in [0.29, 0.717) is 22.1 Å². The Bertz CT molecular complexity index is 1150. The maximum absolute atomic E-state index is 11.6. The van der Waals surface area contributed by atoms with Gasteiger partial charge in [-0.15, -0.1) is 0 Å². The number of benzene rings is 3. The third-order valence-corrected chi connectivity index (χ3v) is 5.59. The van der Waals surface area contributed by atoms with Crippen molar-refractivity contribution in [3.63, 3.8) is 0 Å². The molecule has 3 aromatic carbocycles. The molecule has 0 spiro atoms. The molecule has 28 heavy (non-hydrogen) atoms. The van der Waals surface area contributed by atoms with E-state index in [1.54, 1.807) is 25.3 Å². The molecule has 0 saturated carbocycles. The summed E-state index contributed by atoms with van der Waals surface area (Å²) in [4.78, 5) is 0. The van der Waals surface area contributed by atoms with Crippen LogP contribution in [-0.2, 0) is 15.8 Å². The average Bonchev–Trinajstić information content (AvgIpc) is 2.65. The molecule has 1 heterocycles. The van der Waals surface area contributed by atoms with E-state index in [2.05, 4.69) is 0 Å². The molecule has 0 aromatic heterocycles. The molecule has 0 aliphatic carbocycles. The molecule has 2 N–H and O–H groups in total. The zero-order valence-corrected chi connectivity index (χ0v) is 16.6. The summed E-state index contributed by atoms with van der Waals surface area (Å²) in [5, 5.41) is 5.75. The van der Waals surface area contributed by atoms with Gasteiger partial charge < -0.3 is 9.47 Å². The van der Waals surface area contributed by atoms with Gasteiger partial charge in [0.1, 0.15) is 17.6 Å². The van der Waals surface area contributed by atoms with Crippen LogP contribution in [0.1, 0.15) is 22.8 Å². The molecule has 144 valence electrons. The maximum atomic E-state index is 11.6. The first kappa shape index (κ1) is 18.8. The molecule has 0 fully saturated rings. The number of primary sulfonamides is 1. The summed E-state index contributed by atoms with van der Waals surface area (Å²) >= 11 is 6.24. The van der Waals surface area contributed by atoms with Crippen molar-refractivity contribution < 1.29 is 17.9 Å². The van der Waals surface area contributed by atoms with Crippen molar-refractivity contribution >= 4 is 21.6 Å². The quantitative estimate of drug-likeness (QED) is 0.689.